The van der Waals surface area contributed by atoms with Gasteiger partial charge in [-0.2, -0.15) is 0 Å². The van der Waals surface area contributed by atoms with Crippen LogP contribution in [0.1, 0.15) is 32.1 Å². The Hall–Kier alpha value is -1.07. The number of nitriles is 3. The molecule has 0 aliphatic heterocycles. The molecule has 108 valence electrons. The van der Waals surface area contributed by atoms with Crippen LogP contribution in [0.5, 0.6) is 0 Å². The molecule has 0 heterocycles. The van der Waals surface area contributed by atoms with Gasteiger partial charge in [0.05, 0.1) is 0 Å². The van der Waals surface area contributed by atoms with Gasteiger partial charge in [-0.05, 0) is 0 Å². The summed E-state index contributed by atoms with van der Waals surface area (Å²) in [7, 11) is -2.17. The fraction of sp³-hybridized carbons (Fsp3) is 0.727. The van der Waals surface area contributed by atoms with Gasteiger partial charge < -0.3 is 15.1 Å². The first-order chi connectivity index (χ1) is 9.03. The smallest absolute Gasteiger partial charge is 0.402 e. The first kappa shape index (κ1) is 20.3. The van der Waals surface area contributed by atoms with E-state index in [2.05, 4.69) is 18.2 Å². The van der Waals surface area contributed by atoms with Crippen LogP contribution in [-0.4, -0.2) is 22.4 Å². The van der Waals surface area contributed by atoms with E-state index in [0.717, 1.165) is 19.3 Å². The molecule has 0 aliphatic rings. The quantitative estimate of drug-likeness (QED) is 0.467. The standard InChI is InChI=1S/C11H14N3.BH3O3.Cu/c1-10(8-13)11(9-14)6-4-2-3-5-7-12;2-1(3)4;/h10-11H,1-6H2;2-4H;. The molecule has 6 nitrogen and oxygen atoms in total. The van der Waals surface area contributed by atoms with E-state index in [-0.39, 0.29) is 11.8 Å². The number of hydrogen-bond donors (Lipinski definition) is 3. The average molecular weight is 314 g/mol. The Balaban J connectivity index is 0. The molecule has 8 heteroatoms. The second kappa shape index (κ2) is 15.0. The maximum atomic E-state index is 8.86. The largest absolute Gasteiger partial charge is 0.631 e. The molecule has 0 aromatic rings. The summed E-state index contributed by atoms with van der Waals surface area (Å²) in [6.45, 7) is 0. The van der Waals surface area contributed by atoms with Gasteiger partial charge in [-0.3, -0.25) is 0 Å². The minimum absolute atomic E-state index is 0.246. The Morgan fingerprint density at radius 1 is 0.947 bits per heavy atom. The zero-order chi connectivity index (χ0) is 15.1. The van der Waals surface area contributed by atoms with E-state index in [9.17, 15) is 0 Å². The molecule has 0 bridgehead atoms. The number of hydrogen-bond acceptors (Lipinski definition) is 6. The topological polar surface area (TPSA) is 132 Å². The summed E-state index contributed by atoms with van der Waals surface area (Å²) in [4.78, 5) is 0. The van der Waals surface area contributed by atoms with E-state index < -0.39 is 7.32 Å². The van der Waals surface area contributed by atoms with Crippen LogP contribution in [0.2, 0.25) is 5.32 Å². The molecule has 19 heavy (non-hydrogen) atoms. The van der Waals surface area contributed by atoms with Gasteiger partial charge >= 0.3 is 107 Å². The predicted octanol–water partition coefficient (Wildman–Crippen LogP) is 0.653. The second-order valence-corrected chi connectivity index (χ2v) is 4.08. The van der Waals surface area contributed by atoms with Crippen LogP contribution in [0, 0.1) is 45.8 Å². The zero-order valence-electron chi connectivity index (χ0n) is 10.5. The number of unbranched alkanes of at least 4 members (excludes halogenated alkanes) is 3. The van der Waals surface area contributed by atoms with E-state index >= 15 is 0 Å². The van der Waals surface area contributed by atoms with Crippen molar-refractivity contribution >= 4 is 7.32 Å². The summed E-state index contributed by atoms with van der Waals surface area (Å²) in [6, 6.07) is 6.29. The summed E-state index contributed by atoms with van der Waals surface area (Å²) >= 11 is 4.96. The summed E-state index contributed by atoms with van der Waals surface area (Å²) in [5.41, 5.74) is 0. The molecule has 0 aromatic heterocycles. The molecule has 2 unspecified atom stereocenters. The molecular formula is C11H17BCuN3O3. The Labute approximate surface area is 122 Å². The van der Waals surface area contributed by atoms with Crippen molar-refractivity contribution in [2.75, 3.05) is 0 Å². The minimum Gasteiger partial charge on any atom is -0.402 e. The summed E-state index contributed by atoms with van der Waals surface area (Å²) in [6.07, 6.45) is 4.00. The van der Waals surface area contributed by atoms with Crippen LogP contribution in [0.25, 0.3) is 0 Å². The first-order valence-electron chi connectivity index (χ1n) is 5.74. The van der Waals surface area contributed by atoms with Gasteiger partial charge in [-0.1, -0.05) is 0 Å². The van der Waals surface area contributed by atoms with E-state index in [0.29, 0.717) is 18.2 Å². The van der Waals surface area contributed by atoms with Crippen molar-refractivity contribution in [1.29, 1.82) is 15.8 Å². The fourth-order valence-corrected chi connectivity index (χ4v) is 1.66. The Morgan fingerprint density at radius 3 is 1.84 bits per heavy atom. The third-order valence-corrected chi connectivity index (χ3v) is 2.67. The molecule has 0 rings (SSSR count). The van der Waals surface area contributed by atoms with E-state index in [4.69, 9.17) is 46.9 Å². The van der Waals surface area contributed by atoms with Crippen molar-refractivity contribution in [1.82, 2.24) is 0 Å². The molecule has 0 aromatic carbocycles. The molecule has 0 aliphatic carbocycles. The Morgan fingerprint density at radius 2 is 1.47 bits per heavy atom. The van der Waals surface area contributed by atoms with Crippen molar-refractivity contribution in [3.63, 3.8) is 0 Å². The van der Waals surface area contributed by atoms with Crippen LogP contribution in [0.4, 0.5) is 0 Å². The third-order valence-electron chi connectivity index (χ3n) is 2.25. The van der Waals surface area contributed by atoms with Gasteiger partial charge in [0.15, 0.2) is 0 Å². The molecular weight excluding hydrogens is 296 g/mol. The van der Waals surface area contributed by atoms with E-state index in [1.54, 1.807) is 0 Å². The van der Waals surface area contributed by atoms with Crippen molar-refractivity contribution in [2.45, 2.75) is 37.4 Å². The van der Waals surface area contributed by atoms with Crippen LogP contribution in [0.3, 0.4) is 0 Å². The van der Waals surface area contributed by atoms with Gasteiger partial charge in [0.1, 0.15) is 0 Å². The van der Waals surface area contributed by atoms with Crippen LogP contribution < -0.4 is 0 Å². The van der Waals surface area contributed by atoms with E-state index in [1.807, 2.05) is 0 Å². The van der Waals surface area contributed by atoms with Crippen LogP contribution >= 0.6 is 0 Å². The molecule has 0 amide bonds. The zero-order valence-corrected chi connectivity index (χ0v) is 11.4. The monoisotopic (exact) mass is 313 g/mol. The summed E-state index contributed by atoms with van der Waals surface area (Å²) in [5, 5.41) is 47.7. The Bertz CT molecular complexity index is 333. The maximum Gasteiger partial charge on any atom is 0.631 e. The maximum absolute atomic E-state index is 8.86. The number of rotatable bonds is 7. The molecule has 0 saturated heterocycles. The van der Waals surface area contributed by atoms with Crippen molar-refractivity contribution in [2.24, 2.45) is 11.8 Å². The predicted molar refractivity (Wildman–Crippen MR) is 64.1 cm³/mol. The van der Waals surface area contributed by atoms with Crippen molar-refractivity contribution in [3.8, 4) is 18.2 Å². The SMILES string of the molecule is N#CCCCCCC(C#N)C(C#N)[CH2][Cu].OB(O)O. The molecule has 2 atom stereocenters. The molecule has 3 N–H and O–H groups in total. The van der Waals surface area contributed by atoms with Gasteiger partial charge in [0.25, 0.3) is 0 Å². The summed E-state index contributed by atoms with van der Waals surface area (Å²) < 4.78 is 0. The third kappa shape index (κ3) is 14.9. The first-order valence-corrected chi connectivity index (χ1v) is 6.41. The number of nitrogens with zero attached hydrogens (tertiary/aromatic N) is 3. The van der Waals surface area contributed by atoms with Gasteiger partial charge in [-0.15, -0.1) is 0 Å². The molecule has 0 fully saturated rings. The van der Waals surface area contributed by atoms with Crippen molar-refractivity contribution in [3.05, 3.63) is 0 Å². The molecule has 0 radical (unpaired) electrons. The van der Waals surface area contributed by atoms with Gasteiger partial charge in [-0.25, -0.2) is 0 Å². The fourth-order valence-electron chi connectivity index (χ4n) is 1.30. The minimum atomic E-state index is -2.17. The van der Waals surface area contributed by atoms with Gasteiger partial charge in [0.2, 0.25) is 0 Å². The average Bonchev–Trinajstić information content (AvgIpc) is 2.37. The normalized spacial score (nSPS) is 11.9. The Kier molecular flexibility index (Phi) is 16.0. The van der Waals surface area contributed by atoms with Crippen LogP contribution in [0.15, 0.2) is 0 Å². The van der Waals surface area contributed by atoms with Gasteiger partial charge in [0, 0.05) is 0 Å². The molecule has 0 saturated carbocycles. The van der Waals surface area contributed by atoms with Crippen LogP contribution in [-0.2, 0) is 16.0 Å². The van der Waals surface area contributed by atoms with Crippen molar-refractivity contribution < 1.29 is 31.1 Å². The van der Waals surface area contributed by atoms with E-state index in [1.165, 1.54) is 0 Å². The second-order valence-electron chi connectivity index (χ2n) is 3.70. The summed E-state index contributed by atoms with van der Waals surface area (Å²) in [5.74, 6) is -0.574. The molecule has 0 spiro atoms.